The predicted octanol–water partition coefficient (Wildman–Crippen LogP) is 7.02. The van der Waals surface area contributed by atoms with E-state index in [1.165, 1.54) is 61.3 Å². The average molecular weight is 416 g/mol. The van der Waals surface area contributed by atoms with Gasteiger partial charge in [-0.3, -0.25) is 0 Å². The zero-order valence-corrected chi connectivity index (χ0v) is 18.2. The van der Waals surface area contributed by atoms with Gasteiger partial charge in [0.1, 0.15) is 5.82 Å². The number of aryl methyl sites for hydroxylation is 1. The van der Waals surface area contributed by atoms with Gasteiger partial charge in [-0.05, 0) is 37.3 Å². The molecular weight excluding hydrogens is 389 g/mol. The summed E-state index contributed by atoms with van der Waals surface area (Å²) in [6.45, 7) is 4.27. The van der Waals surface area contributed by atoms with Crippen LogP contribution >= 0.6 is 23.1 Å². The number of thiazole rings is 1. The van der Waals surface area contributed by atoms with Crippen LogP contribution in [-0.4, -0.2) is 21.2 Å². The van der Waals surface area contributed by atoms with Crippen molar-refractivity contribution in [1.82, 2.24) is 15.0 Å². The molecule has 0 amide bonds. The number of nitrogens with zero attached hydrogens (tertiary/aromatic N) is 3. The Morgan fingerprint density at radius 3 is 2.46 bits per heavy atom. The zero-order valence-electron chi connectivity index (χ0n) is 16.6. The van der Waals surface area contributed by atoms with E-state index in [1.54, 1.807) is 18.3 Å². The minimum absolute atomic E-state index is 0.275. The van der Waals surface area contributed by atoms with Crippen LogP contribution in [0, 0.1) is 18.7 Å². The first-order valence-corrected chi connectivity index (χ1v) is 11.7. The maximum Gasteiger partial charge on any atom is 0.187 e. The van der Waals surface area contributed by atoms with Gasteiger partial charge in [-0.2, -0.15) is 0 Å². The van der Waals surface area contributed by atoms with Crippen LogP contribution in [0.2, 0.25) is 0 Å². The second kappa shape index (κ2) is 10.1. The highest BCUT2D eigenvalue weighted by Crippen LogP contribution is 2.36. The van der Waals surface area contributed by atoms with Gasteiger partial charge < -0.3 is 0 Å². The van der Waals surface area contributed by atoms with E-state index in [0.29, 0.717) is 16.4 Å². The van der Waals surface area contributed by atoms with Gasteiger partial charge in [0.2, 0.25) is 0 Å². The van der Waals surface area contributed by atoms with Crippen molar-refractivity contribution in [3.05, 3.63) is 47.4 Å². The molecule has 1 aliphatic carbocycles. The molecule has 1 aliphatic rings. The molecule has 148 valence electrons. The van der Waals surface area contributed by atoms with Gasteiger partial charge in [0.15, 0.2) is 5.16 Å². The minimum Gasteiger partial charge on any atom is -0.241 e. The van der Waals surface area contributed by atoms with Crippen molar-refractivity contribution in [2.75, 3.05) is 6.26 Å². The van der Waals surface area contributed by atoms with Crippen LogP contribution in [-0.2, 0) is 0 Å². The Bertz CT molecular complexity index is 904. The number of thioether (sulfide) groups is 1. The molecule has 0 aliphatic heterocycles. The summed E-state index contributed by atoms with van der Waals surface area (Å²) in [5.74, 6) is 0.761. The molecule has 2 heterocycles. The van der Waals surface area contributed by atoms with Gasteiger partial charge in [-0.25, -0.2) is 19.3 Å². The molecule has 0 atom stereocenters. The average Bonchev–Trinajstić information content (AvgIpc) is 3.11. The van der Waals surface area contributed by atoms with Crippen LogP contribution in [0.15, 0.2) is 41.7 Å². The van der Waals surface area contributed by atoms with Crippen molar-refractivity contribution >= 4 is 23.1 Å². The number of hydrogen-bond donors (Lipinski definition) is 0. The summed E-state index contributed by atoms with van der Waals surface area (Å²) in [5, 5.41) is 1.57. The Kier molecular flexibility index (Phi) is 7.57. The maximum absolute atomic E-state index is 14.1. The lowest BCUT2D eigenvalue weighted by Crippen LogP contribution is -1.99. The van der Waals surface area contributed by atoms with E-state index in [0.717, 1.165) is 21.5 Å². The largest absolute Gasteiger partial charge is 0.241 e. The highest BCUT2D eigenvalue weighted by molar-refractivity contribution is 7.98. The first kappa shape index (κ1) is 20.9. The molecule has 3 nitrogen and oxygen atoms in total. The number of benzene rings is 1. The fourth-order valence-electron chi connectivity index (χ4n) is 3.31. The van der Waals surface area contributed by atoms with Crippen LogP contribution in [0.25, 0.3) is 21.8 Å². The number of aromatic nitrogens is 3. The van der Waals surface area contributed by atoms with Gasteiger partial charge in [0.25, 0.3) is 0 Å². The molecule has 0 radical (unpaired) electrons. The molecule has 0 unspecified atom stereocenters. The third-order valence-electron chi connectivity index (χ3n) is 4.81. The Morgan fingerprint density at radius 1 is 1.07 bits per heavy atom. The molecule has 0 saturated heterocycles. The molecule has 3 aromatic rings. The quantitative estimate of drug-likeness (QED) is 0.340. The van der Waals surface area contributed by atoms with Crippen molar-refractivity contribution in [2.45, 2.75) is 51.1 Å². The second-order valence-electron chi connectivity index (χ2n) is 7.06. The van der Waals surface area contributed by atoms with E-state index < -0.39 is 0 Å². The van der Waals surface area contributed by atoms with E-state index in [2.05, 4.69) is 21.9 Å². The molecule has 6 heteroatoms. The van der Waals surface area contributed by atoms with Crippen molar-refractivity contribution < 1.29 is 4.39 Å². The van der Waals surface area contributed by atoms with Crippen molar-refractivity contribution in [3.63, 3.8) is 0 Å². The van der Waals surface area contributed by atoms with E-state index in [1.807, 2.05) is 25.3 Å². The molecule has 4 rings (SSSR count). The van der Waals surface area contributed by atoms with E-state index in [-0.39, 0.29) is 5.82 Å². The summed E-state index contributed by atoms with van der Waals surface area (Å²) in [7, 11) is 0. The minimum atomic E-state index is -0.275. The summed E-state index contributed by atoms with van der Waals surface area (Å²) in [5.41, 5.74) is 1.92. The van der Waals surface area contributed by atoms with E-state index in [4.69, 9.17) is 0 Å². The van der Waals surface area contributed by atoms with Crippen LogP contribution in [0.4, 0.5) is 4.39 Å². The predicted molar refractivity (Wildman–Crippen MR) is 117 cm³/mol. The van der Waals surface area contributed by atoms with Gasteiger partial charge in [-0.15, -0.1) is 11.3 Å². The number of rotatable bonds is 3. The highest BCUT2D eigenvalue weighted by Gasteiger charge is 2.17. The maximum atomic E-state index is 14.1. The van der Waals surface area contributed by atoms with Crippen molar-refractivity contribution in [1.29, 1.82) is 0 Å². The van der Waals surface area contributed by atoms with Gasteiger partial charge in [0, 0.05) is 11.8 Å². The smallest absolute Gasteiger partial charge is 0.187 e. The summed E-state index contributed by atoms with van der Waals surface area (Å²) in [6.07, 6.45) is 11.1. The number of hydrogen-bond acceptors (Lipinski definition) is 5. The first-order chi connectivity index (χ1) is 13.6. The fourth-order valence-corrected chi connectivity index (χ4v) is 4.57. The summed E-state index contributed by atoms with van der Waals surface area (Å²) in [6, 6.07) is 8.50. The monoisotopic (exact) mass is 415 g/mol. The molecule has 0 spiro atoms. The standard InChI is InChI=1S/C15H12FN3S2.C7H14/c1-9-18-13(10-5-3-4-6-11(10)16)14(21-9)12-7-8-17-15(19-12)20-2;1-7-5-3-2-4-6-7/h3-8H,1-2H3;7H,2-6H2,1H3. The molecule has 2 aromatic heterocycles. The van der Waals surface area contributed by atoms with E-state index >= 15 is 0 Å². The summed E-state index contributed by atoms with van der Waals surface area (Å²) < 4.78 is 14.1. The molecular formula is C22H26FN3S2. The highest BCUT2D eigenvalue weighted by atomic mass is 32.2. The molecule has 0 bridgehead atoms. The summed E-state index contributed by atoms with van der Waals surface area (Å²) in [4.78, 5) is 14.0. The van der Waals surface area contributed by atoms with Gasteiger partial charge in [-0.1, -0.05) is 62.9 Å². The van der Waals surface area contributed by atoms with Crippen LogP contribution in [0.5, 0.6) is 0 Å². The van der Waals surface area contributed by atoms with Gasteiger partial charge in [0.05, 0.1) is 21.3 Å². The molecule has 0 N–H and O–H groups in total. The Morgan fingerprint density at radius 2 is 1.82 bits per heavy atom. The fraction of sp³-hybridized carbons (Fsp3) is 0.409. The Hall–Kier alpha value is -1.79. The molecule has 28 heavy (non-hydrogen) atoms. The molecule has 1 fully saturated rings. The SMILES string of the molecule is CC1CCCCC1.CSc1nccc(-c2sc(C)nc2-c2ccccc2F)n1. The Labute approximate surface area is 174 Å². The normalized spacial score (nSPS) is 14.4. The van der Waals surface area contributed by atoms with Crippen LogP contribution in [0.3, 0.4) is 0 Å². The second-order valence-corrected chi connectivity index (χ2v) is 9.04. The third-order valence-corrected chi connectivity index (χ3v) is 6.36. The summed E-state index contributed by atoms with van der Waals surface area (Å²) >= 11 is 2.99. The first-order valence-electron chi connectivity index (χ1n) is 9.68. The lowest BCUT2D eigenvalue weighted by molar-refractivity contribution is 0.385. The molecule has 1 saturated carbocycles. The Balaban J connectivity index is 0.000000271. The topological polar surface area (TPSA) is 38.7 Å². The lowest BCUT2D eigenvalue weighted by atomic mass is 9.91. The lowest BCUT2D eigenvalue weighted by Gasteiger charge is -2.15. The van der Waals surface area contributed by atoms with Crippen molar-refractivity contribution in [3.8, 4) is 21.8 Å². The number of halogens is 1. The van der Waals surface area contributed by atoms with Crippen molar-refractivity contribution in [2.24, 2.45) is 5.92 Å². The third kappa shape index (κ3) is 5.39. The van der Waals surface area contributed by atoms with E-state index in [9.17, 15) is 4.39 Å². The zero-order chi connectivity index (χ0) is 19.9. The van der Waals surface area contributed by atoms with Gasteiger partial charge >= 0.3 is 0 Å². The molecule has 1 aromatic carbocycles. The van der Waals surface area contributed by atoms with Crippen LogP contribution in [0.1, 0.15) is 44.0 Å². The van der Waals surface area contributed by atoms with Crippen LogP contribution < -0.4 is 0 Å².